The number of Topliss-reactive ketones (excluding diaryl/α,β-unsaturated/α-hetero) is 3. The summed E-state index contributed by atoms with van der Waals surface area (Å²) < 4.78 is 9.63. The lowest BCUT2D eigenvalue weighted by atomic mass is 9.90. The Morgan fingerprint density at radius 3 is 1.78 bits per heavy atom. The summed E-state index contributed by atoms with van der Waals surface area (Å²) in [5, 5.41) is 20.3. The molecule has 41 heavy (non-hydrogen) atoms. The first kappa shape index (κ1) is 33.5. The van der Waals surface area contributed by atoms with Gasteiger partial charge in [0.1, 0.15) is 5.76 Å². The zero-order valence-electron chi connectivity index (χ0n) is 24.4. The molecule has 0 aromatic rings. The molecule has 0 radical (unpaired) electrons. The maximum atomic E-state index is 12.3. The fourth-order valence-electron chi connectivity index (χ4n) is 4.81. The Balaban J connectivity index is 1.50. The van der Waals surface area contributed by atoms with Crippen LogP contribution in [0.15, 0.2) is 58.0 Å². The lowest BCUT2D eigenvalue weighted by molar-refractivity contribution is -0.143. The molecule has 0 bridgehead atoms. The number of ketones is 4. The smallest absolute Gasteiger partial charge is 0.308 e. The van der Waals surface area contributed by atoms with Crippen molar-refractivity contribution in [3.63, 3.8) is 0 Å². The van der Waals surface area contributed by atoms with Gasteiger partial charge in [0.15, 0.2) is 23.1 Å². The van der Waals surface area contributed by atoms with Crippen LogP contribution in [0.3, 0.4) is 0 Å². The fraction of sp³-hybridized carbons (Fsp3) is 0.531. The average Bonchev–Trinajstić information content (AvgIpc) is 2.94. The van der Waals surface area contributed by atoms with E-state index >= 15 is 0 Å². The van der Waals surface area contributed by atoms with E-state index in [4.69, 9.17) is 9.47 Å². The third-order valence-electron chi connectivity index (χ3n) is 7.18. The van der Waals surface area contributed by atoms with Crippen LogP contribution in [0.1, 0.15) is 104 Å². The molecule has 224 valence electrons. The number of aliphatic hydroxyl groups excluding tert-OH is 2. The number of methoxy groups -OCH3 is 1. The van der Waals surface area contributed by atoms with E-state index in [2.05, 4.69) is 12.2 Å². The highest BCUT2D eigenvalue weighted by molar-refractivity contribution is 6.50. The maximum absolute atomic E-state index is 12.3. The van der Waals surface area contributed by atoms with Gasteiger partial charge in [-0.1, -0.05) is 50.7 Å². The Kier molecular flexibility index (Phi) is 14.0. The second-order valence-corrected chi connectivity index (χ2v) is 10.4. The van der Waals surface area contributed by atoms with Crippen LogP contribution in [0.25, 0.3) is 0 Å². The number of carbonyl (C=O) groups excluding carboxylic acids is 5. The number of esters is 1. The molecule has 9 nitrogen and oxygen atoms in total. The summed E-state index contributed by atoms with van der Waals surface area (Å²) in [6, 6.07) is 0. The van der Waals surface area contributed by atoms with Gasteiger partial charge in [0, 0.05) is 29.7 Å². The molecule has 0 fully saturated rings. The van der Waals surface area contributed by atoms with Crippen molar-refractivity contribution in [1.82, 2.24) is 0 Å². The number of aliphatic hydroxyl groups is 2. The van der Waals surface area contributed by atoms with Crippen molar-refractivity contribution in [2.45, 2.75) is 104 Å². The van der Waals surface area contributed by atoms with Crippen LogP contribution in [0.5, 0.6) is 0 Å². The molecule has 9 heteroatoms. The summed E-state index contributed by atoms with van der Waals surface area (Å²) in [5.74, 6) is -4.67. The van der Waals surface area contributed by atoms with Crippen LogP contribution in [0, 0.1) is 0 Å². The zero-order valence-corrected chi connectivity index (χ0v) is 24.4. The van der Waals surface area contributed by atoms with E-state index in [1.165, 1.54) is 14.0 Å². The van der Waals surface area contributed by atoms with Crippen molar-refractivity contribution >= 4 is 29.1 Å². The summed E-state index contributed by atoms with van der Waals surface area (Å²) in [6.07, 6.45) is 17.8. The molecule has 0 aromatic carbocycles. The molecule has 2 N–H and O–H groups in total. The zero-order chi connectivity index (χ0) is 30.4. The summed E-state index contributed by atoms with van der Waals surface area (Å²) in [5.41, 5.74) is 0.392. The Bertz CT molecular complexity index is 1180. The molecule has 0 unspecified atom stereocenters. The van der Waals surface area contributed by atoms with Crippen molar-refractivity contribution < 1.29 is 43.7 Å². The van der Waals surface area contributed by atoms with Gasteiger partial charge >= 0.3 is 5.97 Å². The van der Waals surface area contributed by atoms with E-state index in [0.717, 1.165) is 83.6 Å². The number of carbonyl (C=O) groups is 5. The molecular formula is C32H42O9. The topological polar surface area (TPSA) is 144 Å². The highest BCUT2D eigenvalue weighted by Gasteiger charge is 2.35. The van der Waals surface area contributed by atoms with Gasteiger partial charge in [0.05, 0.1) is 7.11 Å². The molecule has 0 saturated carbocycles. The van der Waals surface area contributed by atoms with E-state index in [-0.39, 0.29) is 39.8 Å². The van der Waals surface area contributed by atoms with Gasteiger partial charge in [-0.15, -0.1) is 0 Å². The van der Waals surface area contributed by atoms with Crippen molar-refractivity contribution in [2.24, 2.45) is 0 Å². The third kappa shape index (κ3) is 9.99. The predicted octanol–water partition coefficient (Wildman–Crippen LogP) is 6.30. The van der Waals surface area contributed by atoms with Gasteiger partial charge in [0.25, 0.3) is 11.6 Å². The largest absolute Gasteiger partial charge is 0.507 e. The summed E-state index contributed by atoms with van der Waals surface area (Å²) in [6.45, 7) is 2.59. The second kappa shape index (κ2) is 17.1. The van der Waals surface area contributed by atoms with Gasteiger partial charge in [-0.25, -0.2) is 0 Å². The highest BCUT2D eigenvalue weighted by Crippen LogP contribution is 2.28. The lowest BCUT2D eigenvalue weighted by Crippen LogP contribution is -2.28. The van der Waals surface area contributed by atoms with Gasteiger partial charge in [-0.05, 0) is 58.3 Å². The molecule has 0 aromatic heterocycles. The van der Waals surface area contributed by atoms with E-state index in [9.17, 15) is 34.2 Å². The lowest BCUT2D eigenvalue weighted by Gasteiger charge is -2.18. The Morgan fingerprint density at radius 1 is 0.732 bits per heavy atom. The summed E-state index contributed by atoms with van der Waals surface area (Å²) >= 11 is 0. The second-order valence-electron chi connectivity index (χ2n) is 10.4. The number of hydrogen-bond acceptors (Lipinski definition) is 9. The quantitative estimate of drug-likeness (QED) is 0.0484. The number of rotatable bonds is 18. The van der Waals surface area contributed by atoms with Crippen molar-refractivity contribution in [2.75, 3.05) is 7.11 Å². The number of ether oxygens (including phenoxy) is 2. The predicted molar refractivity (Wildman–Crippen MR) is 153 cm³/mol. The van der Waals surface area contributed by atoms with Gasteiger partial charge in [-0.2, -0.15) is 0 Å². The first-order chi connectivity index (χ1) is 19.6. The van der Waals surface area contributed by atoms with Gasteiger partial charge < -0.3 is 19.7 Å². The Labute approximate surface area is 241 Å². The van der Waals surface area contributed by atoms with Crippen LogP contribution in [-0.2, 0) is 33.4 Å². The summed E-state index contributed by atoms with van der Waals surface area (Å²) in [4.78, 5) is 59.6. The molecule has 0 aliphatic heterocycles. The molecular weight excluding hydrogens is 528 g/mol. The Morgan fingerprint density at radius 2 is 1.24 bits per heavy atom. The first-order valence-corrected chi connectivity index (χ1v) is 14.4. The third-order valence-corrected chi connectivity index (χ3v) is 7.18. The minimum absolute atomic E-state index is 0.0947. The fourth-order valence-corrected chi connectivity index (χ4v) is 4.81. The van der Waals surface area contributed by atoms with Crippen LogP contribution >= 0.6 is 0 Å². The van der Waals surface area contributed by atoms with Crippen LogP contribution < -0.4 is 0 Å². The van der Waals surface area contributed by atoms with Gasteiger partial charge in [-0.3, -0.25) is 24.0 Å². The minimum Gasteiger partial charge on any atom is -0.507 e. The standard InChI is InChI=1S/C32H42O9/c1-21-27(35)24(29(37)31(39)32(21)41-22(2)33)19-17-15-13-11-9-7-5-4-6-8-10-12-14-16-18-23-25(34)20-26(40-3)30(38)28(23)36/h4-5,20,35-36H,6-19H2,1-3H3. The van der Waals surface area contributed by atoms with Crippen molar-refractivity contribution in [3.8, 4) is 0 Å². The maximum Gasteiger partial charge on any atom is 0.308 e. The van der Waals surface area contributed by atoms with Crippen molar-refractivity contribution in [1.29, 1.82) is 0 Å². The molecule has 0 saturated heterocycles. The molecule has 2 aliphatic carbocycles. The molecule has 2 rings (SSSR count). The molecule has 0 heterocycles. The minimum atomic E-state index is -0.887. The number of allylic oxidation sites excluding steroid dienone is 7. The Hall–Kier alpha value is -3.75. The molecule has 0 atom stereocenters. The molecule has 0 spiro atoms. The first-order valence-electron chi connectivity index (χ1n) is 14.4. The monoisotopic (exact) mass is 570 g/mol. The van der Waals surface area contributed by atoms with E-state index in [1.54, 1.807) is 0 Å². The van der Waals surface area contributed by atoms with Crippen LogP contribution in [0.2, 0.25) is 0 Å². The number of unbranched alkanes of at least 4 members (excludes halogenated alkanes) is 10. The summed E-state index contributed by atoms with van der Waals surface area (Å²) in [7, 11) is 1.29. The van der Waals surface area contributed by atoms with Gasteiger partial charge in [0.2, 0.25) is 5.78 Å². The highest BCUT2D eigenvalue weighted by atomic mass is 16.5. The SMILES string of the molecule is COC1=CC(=O)C(CCCCCCCC=CCCCCCCCC2=C(O)C(C)=C(OC(C)=O)C(=O)C2=O)=C(O)C1=O. The molecule has 2 aliphatic rings. The number of hydrogen-bond donors (Lipinski definition) is 2. The molecule has 0 amide bonds. The van der Waals surface area contributed by atoms with E-state index < -0.39 is 29.1 Å². The van der Waals surface area contributed by atoms with E-state index in [0.29, 0.717) is 19.3 Å². The van der Waals surface area contributed by atoms with Crippen LogP contribution in [0.4, 0.5) is 0 Å². The average molecular weight is 571 g/mol. The van der Waals surface area contributed by atoms with Crippen LogP contribution in [-0.4, -0.2) is 46.4 Å². The van der Waals surface area contributed by atoms with Crippen molar-refractivity contribution in [3.05, 3.63) is 58.0 Å². The van der Waals surface area contributed by atoms with E-state index in [1.807, 2.05) is 0 Å². The normalized spacial score (nSPS) is 16.3.